The second kappa shape index (κ2) is 8.71. The second-order valence-corrected chi connectivity index (χ2v) is 5.96. The molecule has 1 fully saturated rings. The van der Waals surface area contributed by atoms with Crippen molar-refractivity contribution in [2.24, 2.45) is 0 Å². The Bertz CT molecular complexity index is 437. The molecule has 0 atom stereocenters. The van der Waals surface area contributed by atoms with Crippen LogP contribution in [0.15, 0.2) is 24.3 Å². The molecule has 0 aromatic heterocycles. The average Bonchev–Trinajstić information content (AvgIpc) is 2.48. The maximum absolute atomic E-state index is 12.1. The van der Waals surface area contributed by atoms with Gasteiger partial charge in [-0.1, -0.05) is 44.2 Å². The molecular formula is C18H27NO2. The maximum Gasteiger partial charge on any atom is 0.220 e. The number of carbonyl (C=O) groups is 1. The van der Waals surface area contributed by atoms with E-state index in [1.807, 2.05) is 24.3 Å². The zero-order chi connectivity index (χ0) is 14.9. The van der Waals surface area contributed by atoms with E-state index in [0.717, 1.165) is 30.6 Å². The number of rotatable bonds is 5. The molecule has 0 saturated heterocycles. The van der Waals surface area contributed by atoms with E-state index >= 15 is 0 Å². The zero-order valence-corrected chi connectivity index (χ0v) is 13.1. The minimum atomic E-state index is 0.184. The SMILES string of the molecule is COc1cccc(CCC(=O)NC2CCCCCCC2)c1. The van der Waals surface area contributed by atoms with Crippen LogP contribution in [0.2, 0.25) is 0 Å². The van der Waals surface area contributed by atoms with Gasteiger partial charge in [0, 0.05) is 12.5 Å². The predicted octanol–water partition coefficient (Wildman–Crippen LogP) is 3.86. The Kier molecular flexibility index (Phi) is 6.58. The number of benzene rings is 1. The molecule has 116 valence electrons. The van der Waals surface area contributed by atoms with Crippen molar-refractivity contribution >= 4 is 5.91 Å². The van der Waals surface area contributed by atoms with Crippen molar-refractivity contribution in [1.82, 2.24) is 5.32 Å². The van der Waals surface area contributed by atoms with Crippen LogP contribution in [0.3, 0.4) is 0 Å². The van der Waals surface area contributed by atoms with Crippen molar-refractivity contribution in [1.29, 1.82) is 0 Å². The number of aryl methyl sites for hydroxylation is 1. The van der Waals surface area contributed by atoms with Gasteiger partial charge in [0.25, 0.3) is 0 Å². The lowest BCUT2D eigenvalue weighted by Crippen LogP contribution is -2.35. The van der Waals surface area contributed by atoms with Crippen LogP contribution in [0, 0.1) is 0 Å². The predicted molar refractivity (Wildman–Crippen MR) is 85.6 cm³/mol. The molecule has 3 heteroatoms. The number of amides is 1. The lowest BCUT2D eigenvalue weighted by atomic mass is 9.96. The van der Waals surface area contributed by atoms with E-state index in [-0.39, 0.29) is 5.91 Å². The van der Waals surface area contributed by atoms with E-state index in [1.165, 1.54) is 32.1 Å². The Hall–Kier alpha value is -1.51. The molecule has 1 aromatic carbocycles. The number of ether oxygens (including phenoxy) is 1. The van der Waals surface area contributed by atoms with Gasteiger partial charge in [-0.25, -0.2) is 0 Å². The first-order valence-corrected chi connectivity index (χ1v) is 8.20. The quantitative estimate of drug-likeness (QED) is 0.894. The Labute approximate surface area is 128 Å². The summed E-state index contributed by atoms with van der Waals surface area (Å²) in [5.74, 6) is 1.04. The van der Waals surface area contributed by atoms with E-state index in [0.29, 0.717) is 12.5 Å². The van der Waals surface area contributed by atoms with Crippen molar-refractivity contribution in [3.8, 4) is 5.75 Å². The molecule has 0 spiro atoms. The monoisotopic (exact) mass is 289 g/mol. The fourth-order valence-corrected chi connectivity index (χ4v) is 2.99. The molecule has 1 aliphatic carbocycles. The molecule has 1 saturated carbocycles. The average molecular weight is 289 g/mol. The maximum atomic E-state index is 12.1. The third kappa shape index (κ3) is 5.78. The zero-order valence-electron chi connectivity index (χ0n) is 13.1. The molecule has 1 aromatic rings. The summed E-state index contributed by atoms with van der Waals surface area (Å²) in [7, 11) is 1.67. The van der Waals surface area contributed by atoms with Crippen molar-refractivity contribution in [2.45, 2.75) is 63.8 Å². The number of nitrogens with one attached hydrogen (secondary N) is 1. The first-order chi connectivity index (χ1) is 10.3. The van der Waals surface area contributed by atoms with E-state index in [2.05, 4.69) is 5.32 Å². The highest BCUT2D eigenvalue weighted by atomic mass is 16.5. The molecule has 1 amide bonds. The standard InChI is InChI=1S/C18H27NO2/c1-21-17-11-7-8-15(14-17)12-13-18(20)19-16-9-5-3-2-4-6-10-16/h7-8,11,14,16H,2-6,9-10,12-13H2,1H3,(H,19,20). The summed E-state index contributed by atoms with van der Waals surface area (Å²) >= 11 is 0. The molecule has 3 nitrogen and oxygen atoms in total. The summed E-state index contributed by atoms with van der Waals surface area (Å²) in [6.07, 6.45) is 10.1. The summed E-state index contributed by atoms with van der Waals surface area (Å²) in [6, 6.07) is 8.34. The van der Waals surface area contributed by atoms with E-state index in [9.17, 15) is 4.79 Å². The van der Waals surface area contributed by atoms with Crippen LogP contribution in [0.1, 0.15) is 56.9 Å². The second-order valence-electron chi connectivity index (χ2n) is 5.96. The molecule has 1 aliphatic rings. The number of hydrogen-bond acceptors (Lipinski definition) is 2. The highest BCUT2D eigenvalue weighted by Gasteiger charge is 2.13. The van der Waals surface area contributed by atoms with Crippen LogP contribution in [-0.4, -0.2) is 19.1 Å². The third-order valence-electron chi connectivity index (χ3n) is 4.25. The van der Waals surface area contributed by atoms with E-state index < -0.39 is 0 Å². The molecule has 2 rings (SSSR count). The van der Waals surface area contributed by atoms with Gasteiger partial charge in [0.2, 0.25) is 5.91 Å². The molecule has 0 bridgehead atoms. The van der Waals surface area contributed by atoms with E-state index in [4.69, 9.17) is 4.74 Å². The fraction of sp³-hybridized carbons (Fsp3) is 0.611. The van der Waals surface area contributed by atoms with Crippen LogP contribution in [0.4, 0.5) is 0 Å². The molecule has 0 heterocycles. The van der Waals surface area contributed by atoms with Gasteiger partial charge in [0.05, 0.1) is 7.11 Å². The molecule has 0 radical (unpaired) electrons. The normalized spacial score (nSPS) is 16.8. The molecular weight excluding hydrogens is 262 g/mol. The van der Waals surface area contributed by atoms with Gasteiger partial charge in [-0.05, 0) is 37.0 Å². The summed E-state index contributed by atoms with van der Waals surface area (Å²) < 4.78 is 5.21. The number of hydrogen-bond donors (Lipinski definition) is 1. The summed E-state index contributed by atoms with van der Waals surface area (Å²) in [4.78, 5) is 12.1. The van der Waals surface area contributed by atoms with Crippen LogP contribution in [0.25, 0.3) is 0 Å². The van der Waals surface area contributed by atoms with Gasteiger partial charge < -0.3 is 10.1 Å². The Balaban J connectivity index is 1.75. The van der Waals surface area contributed by atoms with E-state index in [1.54, 1.807) is 7.11 Å². The van der Waals surface area contributed by atoms with Gasteiger partial charge >= 0.3 is 0 Å². The van der Waals surface area contributed by atoms with Crippen molar-refractivity contribution < 1.29 is 9.53 Å². The summed E-state index contributed by atoms with van der Waals surface area (Å²) in [5, 5.41) is 3.22. The van der Waals surface area contributed by atoms with Gasteiger partial charge in [0.15, 0.2) is 0 Å². The minimum absolute atomic E-state index is 0.184. The minimum Gasteiger partial charge on any atom is -0.497 e. The lowest BCUT2D eigenvalue weighted by molar-refractivity contribution is -0.121. The van der Waals surface area contributed by atoms with Crippen molar-refractivity contribution in [3.63, 3.8) is 0 Å². The van der Waals surface area contributed by atoms with Gasteiger partial charge in [0.1, 0.15) is 5.75 Å². The summed E-state index contributed by atoms with van der Waals surface area (Å²) in [5.41, 5.74) is 1.15. The van der Waals surface area contributed by atoms with Crippen molar-refractivity contribution in [3.05, 3.63) is 29.8 Å². The fourth-order valence-electron chi connectivity index (χ4n) is 2.99. The third-order valence-corrected chi connectivity index (χ3v) is 4.25. The van der Waals surface area contributed by atoms with Crippen LogP contribution in [-0.2, 0) is 11.2 Å². The van der Waals surface area contributed by atoms with Gasteiger partial charge in [-0.2, -0.15) is 0 Å². The number of carbonyl (C=O) groups excluding carboxylic acids is 1. The highest BCUT2D eigenvalue weighted by Crippen LogP contribution is 2.18. The molecule has 1 N–H and O–H groups in total. The Morgan fingerprint density at radius 2 is 1.90 bits per heavy atom. The first kappa shape index (κ1) is 15.9. The molecule has 0 unspecified atom stereocenters. The van der Waals surface area contributed by atoms with Gasteiger partial charge in [-0.3, -0.25) is 4.79 Å². The van der Waals surface area contributed by atoms with Crippen molar-refractivity contribution in [2.75, 3.05) is 7.11 Å². The topological polar surface area (TPSA) is 38.3 Å². The smallest absolute Gasteiger partial charge is 0.220 e. The van der Waals surface area contributed by atoms with Crippen LogP contribution < -0.4 is 10.1 Å². The number of methoxy groups -OCH3 is 1. The first-order valence-electron chi connectivity index (χ1n) is 8.20. The van der Waals surface area contributed by atoms with Gasteiger partial charge in [-0.15, -0.1) is 0 Å². The highest BCUT2D eigenvalue weighted by molar-refractivity contribution is 5.76. The Morgan fingerprint density at radius 1 is 1.19 bits per heavy atom. The lowest BCUT2D eigenvalue weighted by Gasteiger charge is -2.21. The molecule has 0 aliphatic heterocycles. The largest absolute Gasteiger partial charge is 0.497 e. The molecule has 21 heavy (non-hydrogen) atoms. The van der Waals surface area contributed by atoms with Crippen LogP contribution in [0.5, 0.6) is 5.75 Å². The Morgan fingerprint density at radius 3 is 2.62 bits per heavy atom. The summed E-state index contributed by atoms with van der Waals surface area (Å²) in [6.45, 7) is 0. The van der Waals surface area contributed by atoms with Crippen LogP contribution >= 0.6 is 0 Å².